The van der Waals surface area contributed by atoms with Crippen LogP contribution in [0.25, 0.3) is 0 Å². The fraction of sp³-hybridized carbons (Fsp3) is 0.389. The lowest BCUT2D eigenvalue weighted by Gasteiger charge is -2.13. The molecule has 0 aliphatic heterocycles. The molecule has 1 aromatic heterocycles. The van der Waals surface area contributed by atoms with Gasteiger partial charge in [-0.15, -0.1) is 13.2 Å². The maximum atomic E-state index is 12.2. The number of anilines is 1. The van der Waals surface area contributed by atoms with Gasteiger partial charge in [-0.2, -0.15) is 0 Å². The van der Waals surface area contributed by atoms with Crippen LogP contribution < -0.4 is 15.4 Å². The maximum Gasteiger partial charge on any atom is 0.573 e. The lowest BCUT2D eigenvalue weighted by Crippen LogP contribution is -2.33. The molecule has 164 valence electrons. The van der Waals surface area contributed by atoms with Crippen LogP contribution in [0.4, 0.5) is 18.9 Å². The quantitative estimate of drug-likeness (QED) is 0.512. The summed E-state index contributed by atoms with van der Waals surface area (Å²) in [5.74, 6) is -1.14. The molecule has 2 rings (SSSR count). The molecule has 0 saturated heterocycles. The number of carbonyl (C=O) groups is 2. The molecule has 1 heterocycles. The summed E-state index contributed by atoms with van der Waals surface area (Å²) in [7, 11) is 0. The molecule has 0 bridgehead atoms. The number of thioether (sulfide) groups is 1. The fourth-order valence-electron chi connectivity index (χ4n) is 2.38. The van der Waals surface area contributed by atoms with Crippen molar-refractivity contribution in [3.63, 3.8) is 0 Å². The van der Waals surface area contributed by atoms with Crippen molar-refractivity contribution in [2.45, 2.75) is 44.6 Å². The van der Waals surface area contributed by atoms with Gasteiger partial charge in [0, 0.05) is 11.7 Å². The fourth-order valence-corrected chi connectivity index (χ4v) is 3.18. The Morgan fingerprint density at radius 3 is 2.47 bits per heavy atom. The number of aliphatic hydroxyl groups excluding tert-OH is 1. The first kappa shape index (κ1) is 23.5. The van der Waals surface area contributed by atoms with Gasteiger partial charge in [0.2, 0.25) is 11.8 Å². The average molecular weight is 446 g/mol. The third-order valence-corrected chi connectivity index (χ3v) is 4.51. The number of ether oxygens (including phenoxy) is 1. The zero-order chi connectivity index (χ0) is 22.3. The van der Waals surface area contributed by atoms with E-state index in [9.17, 15) is 27.9 Å². The lowest BCUT2D eigenvalue weighted by atomic mass is 10.3. The maximum absolute atomic E-state index is 12.2. The van der Waals surface area contributed by atoms with Crippen LogP contribution in [0.5, 0.6) is 5.75 Å². The second-order valence-electron chi connectivity index (χ2n) is 6.41. The number of carbonyl (C=O) groups excluding carboxylic acids is 2. The van der Waals surface area contributed by atoms with Gasteiger partial charge >= 0.3 is 6.36 Å². The Kier molecular flexibility index (Phi) is 8.12. The number of aromatic nitrogens is 2. The summed E-state index contributed by atoms with van der Waals surface area (Å²) in [6.45, 7) is 3.26. The predicted molar refractivity (Wildman–Crippen MR) is 104 cm³/mol. The van der Waals surface area contributed by atoms with E-state index in [0.29, 0.717) is 16.5 Å². The van der Waals surface area contributed by atoms with Crippen LogP contribution in [0, 0.1) is 0 Å². The Morgan fingerprint density at radius 2 is 1.90 bits per heavy atom. The molecule has 0 aliphatic rings. The summed E-state index contributed by atoms with van der Waals surface area (Å²) in [5, 5.41) is 15.1. The highest BCUT2D eigenvalue weighted by Crippen LogP contribution is 2.24. The SMILES string of the molecule is CC(C)NC(=O)Cn1c(CO)cnc1SCC(=O)Nc1ccc(OC(F)(F)F)cc1. The highest BCUT2D eigenvalue weighted by molar-refractivity contribution is 7.99. The molecule has 8 nitrogen and oxygen atoms in total. The molecule has 0 unspecified atom stereocenters. The molecule has 0 atom stereocenters. The Labute approximate surface area is 174 Å². The number of hydrogen-bond donors (Lipinski definition) is 3. The largest absolute Gasteiger partial charge is 0.573 e. The van der Waals surface area contributed by atoms with Crippen LogP contribution in [0.2, 0.25) is 0 Å². The lowest BCUT2D eigenvalue weighted by molar-refractivity contribution is -0.274. The minimum atomic E-state index is -4.79. The van der Waals surface area contributed by atoms with Gasteiger partial charge in [0.1, 0.15) is 12.3 Å². The van der Waals surface area contributed by atoms with E-state index in [-0.39, 0.29) is 30.9 Å². The molecule has 12 heteroatoms. The Balaban J connectivity index is 1.94. The molecule has 3 N–H and O–H groups in total. The van der Waals surface area contributed by atoms with Crippen molar-refractivity contribution in [3.05, 3.63) is 36.2 Å². The first-order chi connectivity index (χ1) is 14.1. The van der Waals surface area contributed by atoms with E-state index in [1.165, 1.54) is 22.9 Å². The summed E-state index contributed by atoms with van der Waals surface area (Å²) in [6, 6.07) is 4.69. The van der Waals surface area contributed by atoms with Crippen LogP contribution in [0.15, 0.2) is 35.6 Å². The summed E-state index contributed by atoms with van der Waals surface area (Å²) in [5.41, 5.74) is 0.725. The number of aliphatic hydroxyl groups is 1. The van der Waals surface area contributed by atoms with E-state index in [0.717, 1.165) is 23.9 Å². The molecule has 2 aromatic rings. The highest BCUT2D eigenvalue weighted by atomic mass is 32.2. The molecule has 0 fully saturated rings. The minimum Gasteiger partial charge on any atom is -0.406 e. The van der Waals surface area contributed by atoms with Gasteiger partial charge < -0.3 is 25.0 Å². The van der Waals surface area contributed by atoms with Crippen molar-refractivity contribution in [1.29, 1.82) is 0 Å². The predicted octanol–water partition coefficient (Wildman–Crippen LogP) is 2.53. The standard InChI is InChI=1S/C18H21F3N4O4S/c1-11(2)23-15(27)8-25-13(9-26)7-22-17(25)30-10-16(28)24-12-3-5-14(6-4-12)29-18(19,20)21/h3-7,11,26H,8-10H2,1-2H3,(H,23,27)(H,24,28). The summed E-state index contributed by atoms with van der Waals surface area (Å²) in [6.07, 6.45) is -3.37. The molecule has 0 aliphatic carbocycles. The van der Waals surface area contributed by atoms with E-state index in [2.05, 4.69) is 20.4 Å². The van der Waals surface area contributed by atoms with Crippen LogP contribution in [0.1, 0.15) is 19.5 Å². The summed E-state index contributed by atoms with van der Waals surface area (Å²) < 4.78 is 41.8. The Bertz CT molecular complexity index is 869. The number of imidazole rings is 1. The molecule has 0 radical (unpaired) electrons. The van der Waals surface area contributed by atoms with Crippen molar-refractivity contribution >= 4 is 29.3 Å². The van der Waals surface area contributed by atoms with Gasteiger partial charge in [-0.1, -0.05) is 11.8 Å². The van der Waals surface area contributed by atoms with Gasteiger partial charge in [0.05, 0.1) is 24.3 Å². The van der Waals surface area contributed by atoms with Crippen LogP contribution >= 0.6 is 11.8 Å². The van der Waals surface area contributed by atoms with Gasteiger partial charge in [0.15, 0.2) is 5.16 Å². The smallest absolute Gasteiger partial charge is 0.406 e. The zero-order valence-corrected chi connectivity index (χ0v) is 17.0. The number of nitrogens with zero attached hydrogens (tertiary/aromatic N) is 2. The second kappa shape index (κ2) is 10.3. The van der Waals surface area contributed by atoms with E-state index >= 15 is 0 Å². The van der Waals surface area contributed by atoms with Crippen LogP contribution in [-0.4, -0.2) is 44.6 Å². The van der Waals surface area contributed by atoms with Crippen molar-refractivity contribution in [2.75, 3.05) is 11.1 Å². The van der Waals surface area contributed by atoms with Gasteiger partial charge in [-0.05, 0) is 38.1 Å². The molecule has 1 aromatic carbocycles. The molecular weight excluding hydrogens is 425 g/mol. The topological polar surface area (TPSA) is 105 Å². The zero-order valence-electron chi connectivity index (χ0n) is 16.2. The summed E-state index contributed by atoms with van der Waals surface area (Å²) >= 11 is 1.06. The van der Waals surface area contributed by atoms with E-state index in [4.69, 9.17) is 0 Å². The molecule has 0 saturated carbocycles. The van der Waals surface area contributed by atoms with Crippen molar-refractivity contribution < 1.29 is 32.6 Å². The number of halogens is 3. The van der Waals surface area contributed by atoms with E-state index < -0.39 is 18.0 Å². The van der Waals surface area contributed by atoms with Gasteiger partial charge in [-0.25, -0.2) is 4.98 Å². The Hall–Kier alpha value is -2.73. The molecule has 0 spiro atoms. The first-order valence-corrected chi connectivity index (χ1v) is 9.79. The Morgan fingerprint density at radius 1 is 1.23 bits per heavy atom. The third kappa shape index (κ3) is 7.59. The number of hydrogen-bond acceptors (Lipinski definition) is 6. The summed E-state index contributed by atoms with van der Waals surface area (Å²) in [4.78, 5) is 28.3. The highest BCUT2D eigenvalue weighted by Gasteiger charge is 2.31. The first-order valence-electron chi connectivity index (χ1n) is 8.80. The van der Waals surface area contributed by atoms with Gasteiger partial charge in [-0.3, -0.25) is 9.59 Å². The average Bonchev–Trinajstić information content (AvgIpc) is 3.01. The normalized spacial score (nSPS) is 11.4. The van der Waals surface area contributed by atoms with Crippen LogP contribution in [0.3, 0.4) is 0 Å². The molecule has 30 heavy (non-hydrogen) atoms. The van der Waals surface area contributed by atoms with Crippen LogP contribution in [-0.2, 0) is 22.7 Å². The van der Waals surface area contributed by atoms with Gasteiger partial charge in [0.25, 0.3) is 0 Å². The molecule has 2 amide bonds. The number of rotatable bonds is 9. The van der Waals surface area contributed by atoms with Crippen molar-refractivity contribution in [2.24, 2.45) is 0 Å². The van der Waals surface area contributed by atoms with Crippen molar-refractivity contribution in [1.82, 2.24) is 14.9 Å². The number of amides is 2. The van der Waals surface area contributed by atoms with E-state index in [1.54, 1.807) is 0 Å². The van der Waals surface area contributed by atoms with E-state index in [1.807, 2.05) is 13.8 Å². The number of nitrogens with one attached hydrogen (secondary N) is 2. The monoisotopic (exact) mass is 446 g/mol. The third-order valence-electron chi connectivity index (χ3n) is 3.52. The van der Waals surface area contributed by atoms with Crippen molar-refractivity contribution in [3.8, 4) is 5.75 Å². The molecular formula is C18H21F3N4O4S. The number of alkyl halides is 3. The minimum absolute atomic E-state index is 0.0478. The number of benzene rings is 1. The second-order valence-corrected chi connectivity index (χ2v) is 7.35.